The van der Waals surface area contributed by atoms with E-state index in [0.717, 1.165) is 31.8 Å². The lowest BCUT2D eigenvalue weighted by atomic mass is 10.0. The van der Waals surface area contributed by atoms with E-state index in [1.807, 2.05) is 0 Å². The fourth-order valence-corrected chi connectivity index (χ4v) is 1.90. The van der Waals surface area contributed by atoms with E-state index in [9.17, 15) is 0 Å². The SMILES string of the molecule is CCCCC(CC)COc1cncc(CNCC)n1. The van der Waals surface area contributed by atoms with Gasteiger partial charge in [-0.1, -0.05) is 40.0 Å². The first-order chi connectivity index (χ1) is 9.30. The summed E-state index contributed by atoms with van der Waals surface area (Å²) in [5.41, 5.74) is 0.931. The zero-order valence-corrected chi connectivity index (χ0v) is 12.5. The van der Waals surface area contributed by atoms with Gasteiger partial charge in [0.15, 0.2) is 0 Å². The second-order valence-corrected chi connectivity index (χ2v) is 4.86. The Kier molecular flexibility index (Phi) is 8.14. The van der Waals surface area contributed by atoms with Crippen LogP contribution in [0.4, 0.5) is 0 Å². The summed E-state index contributed by atoms with van der Waals surface area (Å²) in [6.07, 6.45) is 8.39. The first kappa shape index (κ1) is 15.9. The third-order valence-electron chi connectivity index (χ3n) is 3.23. The molecule has 4 heteroatoms. The lowest BCUT2D eigenvalue weighted by Crippen LogP contribution is -2.15. The first-order valence-electron chi connectivity index (χ1n) is 7.44. The Bertz CT molecular complexity index is 344. The van der Waals surface area contributed by atoms with Crippen molar-refractivity contribution in [2.45, 2.75) is 53.0 Å². The summed E-state index contributed by atoms with van der Waals surface area (Å²) in [6.45, 7) is 8.94. The lowest BCUT2D eigenvalue weighted by Gasteiger charge is -2.15. The van der Waals surface area contributed by atoms with Crippen molar-refractivity contribution in [1.82, 2.24) is 15.3 Å². The molecule has 0 radical (unpaired) electrons. The van der Waals surface area contributed by atoms with Crippen molar-refractivity contribution in [1.29, 1.82) is 0 Å². The van der Waals surface area contributed by atoms with E-state index in [1.165, 1.54) is 19.3 Å². The third-order valence-corrected chi connectivity index (χ3v) is 3.23. The predicted octanol–water partition coefficient (Wildman–Crippen LogP) is 3.18. The van der Waals surface area contributed by atoms with E-state index in [2.05, 4.69) is 36.1 Å². The summed E-state index contributed by atoms with van der Waals surface area (Å²) in [4.78, 5) is 8.63. The molecular formula is C15H27N3O. The number of aromatic nitrogens is 2. The van der Waals surface area contributed by atoms with Gasteiger partial charge in [0.05, 0.1) is 18.5 Å². The van der Waals surface area contributed by atoms with E-state index in [-0.39, 0.29) is 0 Å². The van der Waals surface area contributed by atoms with E-state index in [4.69, 9.17) is 4.74 Å². The second kappa shape index (κ2) is 9.73. The number of hydrogen-bond acceptors (Lipinski definition) is 4. The first-order valence-corrected chi connectivity index (χ1v) is 7.44. The minimum Gasteiger partial charge on any atom is -0.476 e. The molecule has 0 amide bonds. The topological polar surface area (TPSA) is 47.0 Å². The van der Waals surface area contributed by atoms with Crippen molar-refractivity contribution in [2.24, 2.45) is 5.92 Å². The second-order valence-electron chi connectivity index (χ2n) is 4.86. The highest BCUT2D eigenvalue weighted by molar-refractivity contribution is 5.08. The summed E-state index contributed by atoms with van der Waals surface area (Å²) in [5, 5.41) is 3.24. The molecule has 1 heterocycles. The normalized spacial score (nSPS) is 12.4. The number of ether oxygens (including phenoxy) is 1. The number of hydrogen-bond donors (Lipinski definition) is 1. The van der Waals surface area contributed by atoms with Gasteiger partial charge in [-0.25, -0.2) is 4.98 Å². The van der Waals surface area contributed by atoms with Crippen molar-refractivity contribution in [2.75, 3.05) is 13.2 Å². The molecular weight excluding hydrogens is 238 g/mol. The Morgan fingerprint density at radius 1 is 1.26 bits per heavy atom. The molecule has 0 saturated heterocycles. The van der Waals surface area contributed by atoms with Crippen LogP contribution in [0.3, 0.4) is 0 Å². The Labute approximate surface area is 117 Å². The van der Waals surface area contributed by atoms with Crippen molar-refractivity contribution < 1.29 is 4.74 Å². The van der Waals surface area contributed by atoms with Crippen LogP contribution in [0.5, 0.6) is 5.88 Å². The number of rotatable bonds is 10. The molecule has 0 aliphatic rings. The third kappa shape index (κ3) is 6.53. The summed E-state index contributed by atoms with van der Waals surface area (Å²) in [6, 6.07) is 0. The van der Waals surface area contributed by atoms with Gasteiger partial charge in [0.2, 0.25) is 5.88 Å². The quantitative estimate of drug-likeness (QED) is 0.706. The molecule has 19 heavy (non-hydrogen) atoms. The Hall–Kier alpha value is -1.16. The molecule has 0 saturated carbocycles. The van der Waals surface area contributed by atoms with Crippen LogP contribution in [-0.4, -0.2) is 23.1 Å². The highest BCUT2D eigenvalue weighted by Gasteiger charge is 2.08. The van der Waals surface area contributed by atoms with Crippen LogP contribution in [-0.2, 0) is 6.54 Å². The van der Waals surface area contributed by atoms with Crippen molar-refractivity contribution >= 4 is 0 Å². The average molecular weight is 265 g/mol. The van der Waals surface area contributed by atoms with Gasteiger partial charge in [-0.15, -0.1) is 0 Å². The zero-order chi connectivity index (χ0) is 13.9. The molecule has 1 aromatic rings. The molecule has 1 atom stereocenters. The van der Waals surface area contributed by atoms with E-state index >= 15 is 0 Å². The van der Waals surface area contributed by atoms with Crippen LogP contribution >= 0.6 is 0 Å². The Balaban J connectivity index is 2.42. The zero-order valence-electron chi connectivity index (χ0n) is 12.5. The summed E-state index contributed by atoms with van der Waals surface area (Å²) < 4.78 is 5.78. The van der Waals surface area contributed by atoms with Crippen LogP contribution in [0.1, 0.15) is 52.1 Å². The molecule has 4 nitrogen and oxygen atoms in total. The van der Waals surface area contributed by atoms with Crippen LogP contribution in [0.25, 0.3) is 0 Å². The van der Waals surface area contributed by atoms with Crippen LogP contribution < -0.4 is 10.1 Å². The van der Waals surface area contributed by atoms with Crippen molar-refractivity contribution in [3.63, 3.8) is 0 Å². The van der Waals surface area contributed by atoms with Gasteiger partial charge in [-0.05, 0) is 18.9 Å². The van der Waals surface area contributed by atoms with Crippen LogP contribution in [0, 0.1) is 5.92 Å². The standard InChI is InChI=1S/C15H27N3O/c1-4-7-8-13(5-2)12-19-15-11-17-10-14(18-15)9-16-6-3/h10-11,13,16H,4-9,12H2,1-3H3. The molecule has 108 valence electrons. The van der Waals surface area contributed by atoms with E-state index in [1.54, 1.807) is 12.4 Å². The molecule has 1 aromatic heterocycles. The molecule has 0 aliphatic carbocycles. The monoisotopic (exact) mass is 265 g/mol. The van der Waals surface area contributed by atoms with Crippen LogP contribution in [0.2, 0.25) is 0 Å². The van der Waals surface area contributed by atoms with Gasteiger partial charge in [-0.2, -0.15) is 0 Å². The van der Waals surface area contributed by atoms with Crippen LogP contribution in [0.15, 0.2) is 12.4 Å². The Morgan fingerprint density at radius 3 is 2.79 bits per heavy atom. The molecule has 0 aromatic carbocycles. The van der Waals surface area contributed by atoms with Gasteiger partial charge >= 0.3 is 0 Å². The van der Waals surface area contributed by atoms with Crippen molar-refractivity contribution in [3.05, 3.63) is 18.1 Å². The van der Waals surface area contributed by atoms with Crippen molar-refractivity contribution in [3.8, 4) is 5.88 Å². The summed E-state index contributed by atoms with van der Waals surface area (Å²) in [5.74, 6) is 1.27. The van der Waals surface area contributed by atoms with E-state index < -0.39 is 0 Å². The molecule has 1 unspecified atom stereocenters. The minimum atomic E-state index is 0.624. The maximum atomic E-state index is 5.78. The number of nitrogens with one attached hydrogen (secondary N) is 1. The highest BCUT2D eigenvalue weighted by Crippen LogP contribution is 2.14. The fourth-order valence-electron chi connectivity index (χ4n) is 1.90. The maximum Gasteiger partial charge on any atom is 0.232 e. The minimum absolute atomic E-state index is 0.624. The molecule has 0 aliphatic heterocycles. The van der Waals surface area contributed by atoms with Gasteiger partial charge in [0.1, 0.15) is 0 Å². The highest BCUT2D eigenvalue weighted by atomic mass is 16.5. The van der Waals surface area contributed by atoms with Gasteiger partial charge in [0.25, 0.3) is 0 Å². The molecule has 0 fully saturated rings. The smallest absolute Gasteiger partial charge is 0.232 e. The largest absolute Gasteiger partial charge is 0.476 e. The summed E-state index contributed by atoms with van der Waals surface area (Å²) in [7, 11) is 0. The molecule has 1 rings (SSSR count). The average Bonchev–Trinajstić information content (AvgIpc) is 2.46. The predicted molar refractivity (Wildman–Crippen MR) is 78.2 cm³/mol. The molecule has 0 spiro atoms. The number of unbranched alkanes of at least 4 members (excludes halogenated alkanes) is 1. The van der Waals surface area contributed by atoms with Gasteiger partial charge in [-0.3, -0.25) is 4.98 Å². The Morgan fingerprint density at radius 2 is 2.11 bits per heavy atom. The molecule has 0 bridgehead atoms. The van der Waals surface area contributed by atoms with Gasteiger partial charge < -0.3 is 10.1 Å². The van der Waals surface area contributed by atoms with E-state index in [0.29, 0.717) is 11.8 Å². The number of nitrogens with zero attached hydrogens (tertiary/aromatic N) is 2. The molecule has 1 N–H and O–H groups in total. The summed E-state index contributed by atoms with van der Waals surface area (Å²) >= 11 is 0. The maximum absolute atomic E-state index is 5.78. The lowest BCUT2D eigenvalue weighted by molar-refractivity contribution is 0.224. The fraction of sp³-hybridized carbons (Fsp3) is 0.733. The van der Waals surface area contributed by atoms with Gasteiger partial charge in [0, 0.05) is 12.7 Å².